The number of aliphatic imine (C=N–C) groups is 1. The van der Waals surface area contributed by atoms with Crippen LogP contribution in [0.5, 0.6) is 0 Å². The van der Waals surface area contributed by atoms with Crippen molar-refractivity contribution < 1.29 is 0 Å². The molecule has 5 heteroatoms. The van der Waals surface area contributed by atoms with E-state index in [0.29, 0.717) is 5.54 Å². The molecule has 0 bridgehead atoms. The zero-order valence-corrected chi connectivity index (χ0v) is 37.9. The molecule has 4 nitrogen and oxygen atoms in total. The maximum Gasteiger partial charge on any atom is 0.151 e. The van der Waals surface area contributed by atoms with Crippen molar-refractivity contribution in [2.75, 3.05) is 0 Å². The van der Waals surface area contributed by atoms with Gasteiger partial charge in [-0.3, -0.25) is 4.99 Å². The van der Waals surface area contributed by atoms with Crippen molar-refractivity contribution in [2.45, 2.75) is 56.4 Å². The van der Waals surface area contributed by atoms with E-state index in [4.69, 9.17) is 10.3 Å². The standard InChI is InChI=1S/C60H51N4Si/c1-60(2)53-35-17-15-33-49(53)51-40-56-52(39-54(51)60)50-34-16-18-36-55(50)64(56)44-25-19-23-42(37-44)58-61-57(41-21-7-3-8-22-41)62-59(63-58)43-24-20-32-48(38-43)65(45-26-9-4-10-27-45,46-28-11-5-12-29-46)47-30-13-6-14-31-47/h3-13,15-28,30,32-40,46,57,59H,14,29,31H2,1-2H3,(H,61,63)/q-1. The quantitative estimate of drug-likeness (QED) is 0.152. The van der Waals surface area contributed by atoms with E-state index in [9.17, 15) is 0 Å². The maximum atomic E-state index is 5.55. The van der Waals surface area contributed by atoms with Gasteiger partial charge in [0.25, 0.3) is 0 Å². The number of allylic oxidation sites excluding steroid dienone is 8. The molecule has 1 aromatic heterocycles. The monoisotopic (exact) mass is 855 g/mol. The average Bonchev–Trinajstić information content (AvgIpc) is 3.82. The molecule has 0 saturated heterocycles. The van der Waals surface area contributed by atoms with Gasteiger partial charge in [0.1, 0.15) is 5.84 Å². The normalized spacial score (nSPS) is 20.4. The number of hydrogen-bond acceptors (Lipinski definition) is 2. The summed E-state index contributed by atoms with van der Waals surface area (Å²) in [5.41, 5.74) is 12.5. The van der Waals surface area contributed by atoms with Gasteiger partial charge in [0.15, 0.2) is 8.07 Å². The average molecular weight is 856 g/mol. The van der Waals surface area contributed by atoms with Gasteiger partial charge in [-0.2, -0.15) is 0 Å². The van der Waals surface area contributed by atoms with Crippen molar-refractivity contribution in [1.29, 1.82) is 0 Å². The van der Waals surface area contributed by atoms with E-state index in [1.165, 1.54) is 54.4 Å². The molecule has 1 aliphatic heterocycles. The largest absolute Gasteiger partial charge is 0.613 e. The van der Waals surface area contributed by atoms with Crippen molar-refractivity contribution in [3.8, 4) is 16.8 Å². The van der Waals surface area contributed by atoms with Crippen LogP contribution in [0.15, 0.2) is 223 Å². The molecule has 0 radical (unpaired) electrons. The van der Waals surface area contributed by atoms with Gasteiger partial charge in [-0.1, -0.05) is 201 Å². The molecular weight excluding hydrogens is 805 g/mol. The molecule has 8 aromatic rings. The molecule has 0 saturated carbocycles. The molecule has 1 N–H and O–H groups in total. The third-order valence-corrected chi connectivity index (χ3v) is 20.0. The van der Waals surface area contributed by atoms with Crippen LogP contribution in [0, 0.1) is 0 Å². The molecule has 4 atom stereocenters. The fourth-order valence-corrected chi connectivity index (χ4v) is 17.2. The summed E-state index contributed by atoms with van der Waals surface area (Å²) >= 11 is 0. The van der Waals surface area contributed by atoms with Crippen LogP contribution in [-0.4, -0.2) is 18.5 Å². The second-order valence-electron chi connectivity index (χ2n) is 18.6. The Morgan fingerprint density at radius 3 is 2.23 bits per heavy atom. The minimum atomic E-state index is -2.56. The van der Waals surface area contributed by atoms with Gasteiger partial charge in [0.05, 0.1) is 11.0 Å². The first-order chi connectivity index (χ1) is 32.0. The summed E-state index contributed by atoms with van der Waals surface area (Å²) < 4.78 is 2.45. The van der Waals surface area contributed by atoms with Gasteiger partial charge in [-0.15, -0.1) is 0 Å². The molecule has 4 unspecified atom stereocenters. The lowest BCUT2D eigenvalue weighted by Crippen LogP contribution is -2.63. The molecule has 316 valence electrons. The van der Waals surface area contributed by atoms with E-state index in [-0.39, 0.29) is 11.6 Å². The first kappa shape index (κ1) is 39.5. The summed E-state index contributed by atoms with van der Waals surface area (Å²) in [7, 11) is -2.56. The zero-order valence-electron chi connectivity index (χ0n) is 36.9. The highest BCUT2D eigenvalue weighted by atomic mass is 28.3. The highest BCUT2D eigenvalue weighted by molar-refractivity contribution is 7.08. The van der Waals surface area contributed by atoms with Crippen LogP contribution in [0.2, 0.25) is 5.54 Å². The van der Waals surface area contributed by atoms with E-state index in [1.54, 1.807) is 5.20 Å². The lowest BCUT2D eigenvalue weighted by atomic mass is 9.82. The third-order valence-electron chi connectivity index (χ3n) is 14.6. The molecule has 0 amide bonds. The Morgan fingerprint density at radius 2 is 1.40 bits per heavy atom. The van der Waals surface area contributed by atoms with E-state index in [1.807, 2.05) is 0 Å². The highest BCUT2D eigenvalue weighted by Gasteiger charge is 2.46. The second-order valence-corrected chi connectivity index (χ2v) is 22.7. The number of hydrogen-bond donors (Lipinski definition) is 1. The Balaban J connectivity index is 1.00. The second kappa shape index (κ2) is 15.9. The molecule has 65 heavy (non-hydrogen) atoms. The topological polar surface area (TPSA) is 43.4 Å². The Hall–Kier alpha value is -7.05. The van der Waals surface area contributed by atoms with Crippen LogP contribution in [-0.2, 0) is 5.41 Å². The van der Waals surface area contributed by atoms with Gasteiger partial charge in [-0.25, -0.2) is 0 Å². The van der Waals surface area contributed by atoms with Crippen molar-refractivity contribution in [3.05, 3.63) is 251 Å². The van der Waals surface area contributed by atoms with E-state index in [0.717, 1.165) is 47.5 Å². The minimum absolute atomic E-state index is 0.0789. The van der Waals surface area contributed by atoms with Crippen LogP contribution in [0.1, 0.15) is 73.3 Å². The Morgan fingerprint density at radius 1 is 0.631 bits per heavy atom. The summed E-state index contributed by atoms with van der Waals surface area (Å²) in [6, 6.07) is 63.0. The van der Waals surface area contributed by atoms with Gasteiger partial charge in [-0.05, 0) is 111 Å². The number of fused-ring (bicyclic) bond motifs is 6. The van der Waals surface area contributed by atoms with Gasteiger partial charge < -0.3 is 15.2 Å². The van der Waals surface area contributed by atoms with Crippen LogP contribution in [0.3, 0.4) is 0 Å². The lowest BCUT2D eigenvalue weighted by molar-refractivity contribution is 0.631. The van der Waals surface area contributed by atoms with Gasteiger partial charge >= 0.3 is 0 Å². The minimum Gasteiger partial charge on any atom is -0.613 e. The van der Waals surface area contributed by atoms with Gasteiger partial charge in [0.2, 0.25) is 0 Å². The number of benzene rings is 7. The zero-order chi connectivity index (χ0) is 43.5. The molecule has 0 fully saturated rings. The van der Waals surface area contributed by atoms with E-state index < -0.39 is 14.2 Å². The molecule has 3 aliphatic carbocycles. The van der Waals surface area contributed by atoms with Gasteiger partial charge in [0, 0.05) is 27.4 Å². The molecule has 4 aliphatic rings. The van der Waals surface area contributed by atoms with Crippen molar-refractivity contribution in [1.82, 2.24) is 9.88 Å². The number of nitrogens with one attached hydrogen (secondary N) is 1. The Labute approximate surface area is 383 Å². The fraction of sp³-hybridized carbons (Fsp3) is 0.150. The van der Waals surface area contributed by atoms with Crippen LogP contribution in [0.25, 0.3) is 43.9 Å². The molecule has 7 aromatic carbocycles. The Kier molecular flexibility index (Phi) is 9.66. The predicted octanol–water partition coefficient (Wildman–Crippen LogP) is 13.5. The molecule has 12 rings (SSSR count). The number of para-hydroxylation sites is 1. The maximum absolute atomic E-state index is 5.55. The van der Waals surface area contributed by atoms with E-state index in [2.05, 4.69) is 236 Å². The fourth-order valence-electron chi connectivity index (χ4n) is 11.5. The number of nitrogens with zero attached hydrogens (tertiary/aromatic N) is 3. The highest BCUT2D eigenvalue weighted by Crippen LogP contribution is 2.51. The summed E-state index contributed by atoms with van der Waals surface area (Å²) in [6.07, 6.45) is 18.8. The molecule has 2 heterocycles. The number of amidine groups is 1. The summed E-state index contributed by atoms with van der Waals surface area (Å²) in [6.45, 7) is 4.73. The lowest BCUT2D eigenvalue weighted by Gasteiger charge is -2.45. The SMILES string of the molecule is CC1(C)c2ccccc2-c2cc3c(cc21)c1ccccc1n3-c1cccc(C2=NC(c3cccc([Si](C4=CC=CCC4)(c4ccccc4)C4C=CC=CC4)c3)[N-]C(c3ccccc3)N2)c1. The smallest absolute Gasteiger partial charge is 0.151 e. The molecular formula is C60H51N4Si-. The first-order valence-electron chi connectivity index (χ1n) is 23.2. The molecule has 0 spiro atoms. The van der Waals surface area contributed by atoms with Crippen LogP contribution in [0.4, 0.5) is 0 Å². The number of aromatic nitrogens is 1. The Bertz CT molecular complexity index is 3300. The van der Waals surface area contributed by atoms with Crippen molar-refractivity contribution >= 4 is 46.1 Å². The number of rotatable bonds is 8. The van der Waals surface area contributed by atoms with Crippen LogP contribution < -0.4 is 15.7 Å². The summed E-state index contributed by atoms with van der Waals surface area (Å²) in [5, 5.41) is 16.3. The van der Waals surface area contributed by atoms with Crippen LogP contribution >= 0.6 is 0 Å². The third kappa shape index (κ3) is 6.48. The van der Waals surface area contributed by atoms with E-state index >= 15 is 0 Å². The van der Waals surface area contributed by atoms with Crippen molar-refractivity contribution in [3.63, 3.8) is 0 Å². The van der Waals surface area contributed by atoms with Crippen molar-refractivity contribution in [2.24, 2.45) is 4.99 Å². The summed E-state index contributed by atoms with van der Waals surface area (Å²) in [5.74, 6) is 0.843. The predicted molar refractivity (Wildman–Crippen MR) is 274 cm³/mol. The summed E-state index contributed by atoms with van der Waals surface area (Å²) in [4.78, 5) is 5.55. The first-order valence-corrected chi connectivity index (χ1v) is 25.3.